The normalized spacial score (nSPS) is 31.5. The second-order valence-corrected chi connectivity index (χ2v) is 6.51. The maximum Gasteiger partial charge on any atom is 0.128 e. The SMILES string of the molecule is Cc1nc(N2CC3CCCC(N)C3C2)ccc1Br. The lowest BCUT2D eigenvalue weighted by Crippen LogP contribution is -2.38. The van der Waals surface area contributed by atoms with Crippen LogP contribution in [0.25, 0.3) is 0 Å². The highest BCUT2D eigenvalue weighted by atomic mass is 79.9. The first-order valence-electron chi connectivity index (χ1n) is 6.79. The predicted octanol–water partition coefficient (Wildman–Crippen LogP) is 2.72. The van der Waals surface area contributed by atoms with Gasteiger partial charge in [0.2, 0.25) is 0 Å². The van der Waals surface area contributed by atoms with Gasteiger partial charge in [0.05, 0.1) is 5.69 Å². The van der Waals surface area contributed by atoms with E-state index in [-0.39, 0.29) is 0 Å². The molecule has 0 aromatic carbocycles. The Morgan fingerprint density at radius 1 is 1.33 bits per heavy atom. The number of hydrogen-bond acceptors (Lipinski definition) is 3. The van der Waals surface area contributed by atoms with Gasteiger partial charge in [-0.1, -0.05) is 6.42 Å². The summed E-state index contributed by atoms with van der Waals surface area (Å²) in [7, 11) is 0. The Labute approximate surface area is 117 Å². The van der Waals surface area contributed by atoms with Gasteiger partial charge in [-0.2, -0.15) is 0 Å². The molecule has 3 nitrogen and oxygen atoms in total. The van der Waals surface area contributed by atoms with Crippen LogP contribution < -0.4 is 10.6 Å². The standard InChI is InChI=1S/C14H20BrN3/c1-9-12(15)5-6-14(17-9)18-7-10-3-2-4-13(16)11(10)8-18/h5-6,10-11,13H,2-4,7-8,16H2,1H3. The van der Waals surface area contributed by atoms with Gasteiger partial charge in [-0.05, 0) is 59.7 Å². The third-order valence-corrected chi connectivity index (χ3v) is 5.32. The highest BCUT2D eigenvalue weighted by molar-refractivity contribution is 9.10. The summed E-state index contributed by atoms with van der Waals surface area (Å²) in [5.74, 6) is 2.56. The maximum absolute atomic E-state index is 6.26. The van der Waals surface area contributed by atoms with E-state index in [0.29, 0.717) is 12.0 Å². The third kappa shape index (κ3) is 2.16. The second-order valence-electron chi connectivity index (χ2n) is 5.66. The molecule has 0 amide bonds. The molecule has 0 bridgehead atoms. The van der Waals surface area contributed by atoms with Gasteiger partial charge in [-0.25, -0.2) is 4.98 Å². The number of hydrogen-bond donors (Lipinski definition) is 1. The molecule has 1 aliphatic carbocycles. The Morgan fingerprint density at radius 2 is 2.17 bits per heavy atom. The highest BCUT2D eigenvalue weighted by Gasteiger charge is 2.39. The van der Waals surface area contributed by atoms with Crippen LogP contribution in [0, 0.1) is 18.8 Å². The predicted molar refractivity (Wildman–Crippen MR) is 77.7 cm³/mol. The number of halogens is 1. The topological polar surface area (TPSA) is 42.2 Å². The number of anilines is 1. The molecule has 0 spiro atoms. The fourth-order valence-corrected chi connectivity index (χ4v) is 3.63. The summed E-state index contributed by atoms with van der Waals surface area (Å²) in [6.45, 7) is 4.26. The molecule has 1 saturated carbocycles. The molecule has 2 heterocycles. The van der Waals surface area contributed by atoms with Crippen LogP contribution in [0.1, 0.15) is 25.0 Å². The monoisotopic (exact) mass is 309 g/mol. The minimum absolute atomic E-state index is 0.394. The molecule has 1 aromatic heterocycles. The van der Waals surface area contributed by atoms with Crippen LogP contribution in [0.3, 0.4) is 0 Å². The molecule has 18 heavy (non-hydrogen) atoms. The van der Waals surface area contributed by atoms with Gasteiger partial charge >= 0.3 is 0 Å². The Bertz CT molecular complexity index is 449. The van der Waals surface area contributed by atoms with E-state index in [4.69, 9.17) is 5.73 Å². The zero-order valence-electron chi connectivity index (χ0n) is 10.8. The summed E-state index contributed by atoms with van der Waals surface area (Å²) < 4.78 is 1.08. The van der Waals surface area contributed by atoms with Crippen LogP contribution in [-0.2, 0) is 0 Å². The summed E-state index contributed by atoms with van der Waals surface area (Å²) >= 11 is 3.51. The van der Waals surface area contributed by atoms with Crippen molar-refractivity contribution in [2.45, 2.75) is 32.2 Å². The number of nitrogens with zero attached hydrogens (tertiary/aromatic N) is 2. The van der Waals surface area contributed by atoms with E-state index in [1.54, 1.807) is 0 Å². The number of aryl methyl sites for hydroxylation is 1. The average molecular weight is 310 g/mol. The molecule has 2 fully saturated rings. The van der Waals surface area contributed by atoms with Gasteiger partial charge in [0.1, 0.15) is 5.82 Å². The van der Waals surface area contributed by atoms with E-state index >= 15 is 0 Å². The van der Waals surface area contributed by atoms with Gasteiger partial charge in [0.15, 0.2) is 0 Å². The van der Waals surface area contributed by atoms with Gasteiger partial charge in [0, 0.05) is 23.6 Å². The molecule has 3 rings (SSSR count). The molecule has 98 valence electrons. The third-order valence-electron chi connectivity index (χ3n) is 4.48. The molecule has 3 unspecified atom stereocenters. The van der Waals surface area contributed by atoms with Crippen molar-refractivity contribution in [3.05, 3.63) is 22.3 Å². The summed E-state index contributed by atoms with van der Waals surface area (Å²) in [4.78, 5) is 7.09. The lowest BCUT2D eigenvalue weighted by molar-refractivity contribution is 0.260. The Hall–Kier alpha value is -0.610. The van der Waals surface area contributed by atoms with Crippen molar-refractivity contribution in [1.82, 2.24) is 4.98 Å². The van der Waals surface area contributed by atoms with Gasteiger partial charge in [-0.15, -0.1) is 0 Å². The number of nitrogens with two attached hydrogens (primary N) is 1. The van der Waals surface area contributed by atoms with E-state index in [1.807, 2.05) is 6.92 Å². The van der Waals surface area contributed by atoms with Crippen molar-refractivity contribution >= 4 is 21.7 Å². The van der Waals surface area contributed by atoms with Crippen molar-refractivity contribution in [3.8, 4) is 0 Å². The lowest BCUT2D eigenvalue weighted by atomic mass is 9.78. The Balaban J connectivity index is 1.80. The first-order chi connectivity index (χ1) is 8.65. The lowest BCUT2D eigenvalue weighted by Gasteiger charge is -2.29. The summed E-state index contributed by atoms with van der Waals surface area (Å²) in [6, 6.07) is 4.60. The fourth-order valence-electron chi connectivity index (χ4n) is 3.41. The molecule has 3 atom stereocenters. The van der Waals surface area contributed by atoms with E-state index in [1.165, 1.54) is 19.3 Å². The number of aromatic nitrogens is 1. The second kappa shape index (κ2) is 4.82. The van der Waals surface area contributed by atoms with Crippen LogP contribution >= 0.6 is 15.9 Å². The summed E-state index contributed by atoms with van der Waals surface area (Å²) in [5, 5.41) is 0. The summed E-state index contributed by atoms with van der Waals surface area (Å²) in [6.07, 6.45) is 3.83. The van der Waals surface area contributed by atoms with Crippen LogP contribution in [0.2, 0.25) is 0 Å². The number of pyridine rings is 1. The molecular weight excluding hydrogens is 290 g/mol. The molecule has 2 N–H and O–H groups in total. The number of rotatable bonds is 1. The zero-order valence-corrected chi connectivity index (χ0v) is 12.4. The maximum atomic E-state index is 6.26. The van der Waals surface area contributed by atoms with Crippen LogP contribution in [0.15, 0.2) is 16.6 Å². The van der Waals surface area contributed by atoms with Gasteiger partial charge in [0.25, 0.3) is 0 Å². The first kappa shape index (κ1) is 12.4. The van der Waals surface area contributed by atoms with Gasteiger partial charge < -0.3 is 10.6 Å². The molecule has 1 aromatic rings. The Morgan fingerprint density at radius 3 is 2.89 bits per heavy atom. The molecule has 2 aliphatic rings. The van der Waals surface area contributed by atoms with E-state index in [2.05, 4.69) is 37.9 Å². The van der Waals surface area contributed by atoms with Crippen LogP contribution in [0.5, 0.6) is 0 Å². The minimum Gasteiger partial charge on any atom is -0.356 e. The van der Waals surface area contributed by atoms with Crippen molar-refractivity contribution in [3.63, 3.8) is 0 Å². The van der Waals surface area contributed by atoms with Crippen molar-refractivity contribution in [2.75, 3.05) is 18.0 Å². The molecular formula is C14H20BrN3. The van der Waals surface area contributed by atoms with Crippen LogP contribution in [0.4, 0.5) is 5.82 Å². The smallest absolute Gasteiger partial charge is 0.128 e. The van der Waals surface area contributed by atoms with E-state index in [0.717, 1.165) is 35.0 Å². The average Bonchev–Trinajstić information content (AvgIpc) is 2.78. The molecule has 1 saturated heterocycles. The first-order valence-corrected chi connectivity index (χ1v) is 7.58. The number of fused-ring (bicyclic) bond motifs is 1. The quantitative estimate of drug-likeness (QED) is 0.867. The van der Waals surface area contributed by atoms with Crippen molar-refractivity contribution < 1.29 is 0 Å². The zero-order chi connectivity index (χ0) is 12.7. The highest BCUT2D eigenvalue weighted by Crippen LogP contribution is 2.37. The molecule has 1 aliphatic heterocycles. The van der Waals surface area contributed by atoms with E-state index in [9.17, 15) is 0 Å². The van der Waals surface area contributed by atoms with Crippen molar-refractivity contribution in [1.29, 1.82) is 0 Å². The van der Waals surface area contributed by atoms with Crippen molar-refractivity contribution in [2.24, 2.45) is 17.6 Å². The summed E-state index contributed by atoms with van der Waals surface area (Å²) in [5.41, 5.74) is 7.32. The van der Waals surface area contributed by atoms with E-state index < -0.39 is 0 Å². The minimum atomic E-state index is 0.394. The fraction of sp³-hybridized carbons (Fsp3) is 0.643. The largest absolute Gasteiger partial charge is 0.356 e. The Kier molecular flexibility index (Phi) is 3.32. The van der Waals surface area contributed by atoms with Gasteiger partial charge in [-0.3, -0.25) is 0 Å². The molecule has 0 radical (unpaired) electrons. The van der Waals surface area contributed by atoms with Crippen LogP contribution in [-0.4, -0.2) is 24.1 Å². The molecule has 4 heteroatoms.